The minimum Gasteiger partial charge on any atom is -0.308 e. The van der Waals surface area contributed by atoms with E-state index in [2.05, 4.69) is 88.2 Å². The smallest absolute Gasteiger partial charge is 0.197 e. The van der Waals surface area contributed by atoms with Crippen molar-refractivity contribution in [2.75, 3.05) is 4.90 Å². The number of benzene rings is 7. The quantitative estimate of drug-likeness (QED) is 0.136. The topological polar surface area (TPSA) is 41.8 Å². The van der Waals surface area contributed by atoms with E-state index in [0.29, 0.717) is 33.5 Å². The van der Waals surface area contributed by atoms with Crippen LogP contribution in [0.5, 0.6) is 0 Å². The van der Waals surface area contributed by atoms with Crippen LogP contribution in [0, 0.1) is 0 Å². The molecule has 9 aromatic rings. The van der Waals surface area contributed by atoms with E-state index in [1.165, 1.54) is 42.2 Å². The Bertz CT molecular complexity index is 3060. The molecule has 11 rings (SSSR count). The Morgan fingerprint density at radius 1 is 0.451 bits per heavy atom. The van der Waals surface area contributed by atoms with Crippen LogP contribution in [-0.4, -0.2) is 4.40 Å². The SMILES string of the molecule is O=c1c2ccccc2n2c3ccc(Cc4ccc5c(c4)Sc4cccc6c4N5c4ccccc4S6)cc3c(=O)c3cc(-c4ccccc4)cc1c32. The van der Waals surface area contributed by atoms with Gasteiger partial charge in [0.05, 0.1) is 33.6 Å². The molecule has 0 N–H and O–H groups in total. The van der Waals surface area contributed by atoms with Crippen LogP contribution in [0.4, 0.5) is 17.1 Å². The summed E-state index contributed by atoms with van der Waals surface area (Å²) in [4.78, 5) is 35.9. The molecule has 0 atom stereocenters. The van der Waals surface area contributed by atoms with Gasteiger partial charge >= 0.3 is 0 Å². The minimum atomic E-state index is -0.0562. The van der Waals surface area contributed by atoms with Gasteiger partial charge in [-0.2, -0.15) is 0 Å². The Balaban J connectivity index is 1.07. The van der Waals surface area contributed by atoms with Crippen molar-refractivity contribution in [1.29, 1.82) is 0 Å². The second-order valence-electron chi connectivity index (χ2n) is 13.2. The molecule has 2 aromatic heterocycles. The molecule has 4 nitrogen and oxygen atoms in total. The van der Waals surface area contributed by atoms with Gasteiger partial charge in [-0.3, -0.25) is 9.59 Å². The van der Waals surface area contributed by atoms with Gasteiger partial charge in [-0.25, -0.2) is 0 Å². The molecule has 51 heavy (non-hydrogen) atoms. The number of hydrogen-bond donors (Lipinski definition) is 0. The predicted octanol–water partition coefficient (Wildman–Crippen LogP) is 11.2. The molecule has 0 saturated carbocycles. The Morgan fingerprint density at radius 3 is 1.92 bits per heavy atom. The van der Waals surface area contributed by atoms with E-state index in [-0.39, 0.29) is 10.9 Å². The summed E-state index contributed by atoms with van der Waals surface area (Å²) in [5, 5.41) is 2.41. The maximum atomic E-state index is 14.5. The summed E-state index contributed by atoms with van der Waals surface area (Å²) in [6, 6.07) is 49.8. The van der Waals surface area contributed by atoms with Crippen LogP contribution in [0.15, 0.2) is 175 Å². The van der Waals surface area contributed by atoms with Crippen LogP contribution >= 0.6 is 23.5 Å². The summed E-state index contributed by atoms with van der Waals surface area (Å²) < 4.78 is 2.12. The van der Waals surface area contributed by atoms with E-state index in [1.54, 1.807) is 0 Å². The fourth-order valence-corrected chi connectivity index (χ4v) is 10.3. The van der Waals surface area contributed by atoms with Gasteiger partial charge in [0.15, 0.2) is 10.9 Å². The summed E-state index contributed by atoms with van der Waals surface area (Å²) in [6.07, 6.45) is 0.685. The van der Waals surface area contributed by atoms with Gasteiger partial charge < -0.3 is 9.30 Å². The Kier molecular flexibility index (Phi) is 6.15. The van der Waals surface area contributed by atoms with E-state index in [9.17, 15) is 9.59 Å². The van der Waals surface area contributed by atoms with E-state index in [1.807, 2.05) is 90.3 Å². The second-order valence-corrected chi connectivity index (χ2v) is 15.4. The molecular formula is C45H26N2O2S2. The lowest BCUT2D eigenvalue weighted by Crippen LogP contribution is -2.19. The van der Waals surface area contributed by atoms with Crippen molar-refractivity contribution in [3.8, 4) is 11.1 Å². The molecule has 0 amide bonds. The van der Waals surface area contributed by atoms with Crippen LogP contribution in [-0.2, 0) is 6.42 Å². The molecule has 7 aromatic carbocycles. The molecule has 0 aliphatic carbocycles. The van der Waals surface area contributed by atoms with Crippen molar-refractivity contribution in [1.82, 2.24) is 4.40 Å². The van der Waals surface area contributed by atoms with Crippen molar-refractivity contribution in [2.24, 2.45) is 0 Å². The zero-order valence-electron chi connectivity index (χ0n) is 27.1. The minimum absolute atomic E-state index is 0.0559. The number of hydrogen-bond acceptors (Lipinski definition) is 5. The summed E-state index contributed by atoms with van der Waals surface area (Å²) >= 11 is 3.66. The lowest BCUT2D eigenvalue weighted by atomic mass is 9.96. The standard InChI is InChI=1S/C45H26N2O2S2/c48-44-30-11-4-5-12-34(30)46-35-19-17-26(22-31(35)45(49)33-25-29(24-32(44)42(33)46)28-9-2-1-3-10-28)21-27-18-20-37-41(23-27)51-40-16-8-15-39-43(40)47(37)36-13-6-7-14-38(36)50-39/h1-20,22-25H,21H2. The Hall–Kier alpha value is -5.82. The average Bonchev–Trinajstić information content (AvgIpc) is 3.18. The number of nitrogens with zero attached hydrogens (tertiary/aromatic N) is 2. The molecule has 0 unspecified atom stereocenters. The molecule has 240 valence electrons. The van der Waals surface area contributed by atoms with Crippen LogP contribution in [0.1, 0.15) is 11.1 Å². The van der Waals surface area contributed by atoms with Crippen LogP contribution in [0.3, 0.4) is 0 Å². The highest BCUT2D eigenvalue weighted by atomic mass is 32.2. The lowest BCUT2D eigenvalue weighted by molar-refractivity contribution is 1.07. The average molecular weight is 691 g/mol. The highest BCUT2D eigenvalue weighted by Gasteiger charge is 2.32. The molecule has 0 spiro atoms. The molecule has 2 aliphatic heterocycles. The first-order valence-electron chi connectivity index (χ1n) is 17.0. The molecular weight excluding hydrogens is 665 g/mol. The third-order valence-corrected chi connectivity index (χ3v) is 12.5. The number of rotatable bonds is 3. The normalized spacial score (nSPS) is 13.1. The van der Waals surface area contributed by atoms with Crippen molar-refractivity contribution >= 4 is 78.7 Å². The van der Waals surface area contributed by atoms with E-state index in [4.69, 9.17) is 0 Å². The molecule has 0 radical (unpaired) electrons. The van der Waals surface area contributed by atoms with E-state index >= 15 is 0 Å². The first-order valence-corrected chi connectivity index (χ1v) is 18.6. The van der Waals surface area contributed by atoms with Crippen LogP contribution in [0.25, 0.3) is 49.2 Å². The van der Waals surface area contributed by atoms with Gasteiger partial charge in [-0.1, -0.05) is 96.3 Å². The summed E-state index contributed by atoms with van der Waals surface area (Å²) in [7, 11) is 0. The first kappa shape index (κ1) is 29.0. The molecule has 0 bridgehead atoms. The third kappa shape index (κ3) is 4.24. The van der Waals surface area contributed by atoms with Crippen molar-refractivity contribution in [2.45, 2.75) is 26.0 Å². The molecule has 4 heterocycles. The molecule has 0 saturated heterocycles. The largest absolute Gasteiger partial charge is 0.308 e. The fourth-order valence-electron chi connectivity index (χ4n) is 8.00. The van der Waals surface area contributed by atoms with Crippen molar-refractivity contribution < 1.29 is 0 Å². The highest BCUT2D eigenvalue weighted by molar-refractivity contribution is 8.00. The number of fused-ring (bicyclic) bond motifs is 8. The van der Waals surface area contributed by atoms with Gasteiger partial charge in [0.1, 0.15) is 0 Å². The van der Waals surface area contributed by atoms with E-state index in [0.717, 1.165) is 27.7 Å². The van der Waals surface area contributed by atoms with Crippen LogP contribution < -0.4 is 15.8 Å². The molecule has 2 aliphatic rings. The van der Waals surface area contributed by atoms with Crippen LogP contribution in [0.2, 0.25) is 0 Å². The fraction of sp³-hybridized carbons (Fsp3) is 0.0222. The maximum Gasteiger partial charge on any atom is 0.197 e. The number of anilines is 3. The maximum absolute atomic E-state index is 14.5. The third-order valence-electron chi connectivity index (χ3n) is 10.3. The molecule has 6 heteroatoms. The second kappa shape index (κ2) is 10.8. The van der Waals surface area contributed by atoms with Gasteiger partial charge in [-0.05, 0) is 101 Å². The Labute approximate surface area is 301 Å². The number of para-hydroxylation sites is 3. The first-order chi connectivity index (χ1) is 25.1. The van der Waals surface area contributed by atoms with Crippen molar-refractivity contribution in [3.63, 3.8) is 0 Å². The predicted molar refractivity (Wildman–Crippen MR) is 211 cm³/mol. The summed E-state index contributed by atoms with van der Waals surface area (Å²) in [5.41, 5.74) is 9.93. The summed E-state index contributed by atoms with van der Waals surface area (Å²) in [6.45, 7) is 0. The highest BCUT2D eigenvalue weighted by Crippen LogP contribution is 2.59. The number of pyridine rings is 2. The zero-order valence-corrected chi connectivity index (χ0v) is 28.7. The van der Waals surface area contributed by atoms with Gasteiger partial charge in [-0.15, -0.1) is 0 Å². The van der Waals surface area contributed by atoms with Gasteiger partial charge in [0.25, 0.3) is 0 Å². The monoisotopic (exact) mass is 690 g/mol. The summed E-state index contributed by atoms with van der Waals surface area (Å²) in [5.74, 6) is 0. The Morgan fingerprint density at radius 2 is 1.08 bits per heavy atom. The van der Waals surface area contributed by atoms with Gasteiger partial charge in [0, 0.05) is 41.1 Å². The van der Waals surface area contributed by atoms with Gasteiger partial charge in [0.2, 0.25) is 0 Å². The molecule has 0 fully saturated rings. The number of aromatic nitrogens is 1. The van der Waals surface area contributed by atoms with Crippen molar-refractivity contribution in [3.05, 3.63) is 177 Å². The van der Waals surface area contributed by atoms with E-state index < -0.39 is 0 Å². The lowest BCUT2D eigenvalue weighted by Gasteiger charge is -2.38. The zero-order chi connectivity index (χ0) is 33.8.